The highest BCUT2D eigenvalue weighted by atomic mass is 16.5. The maximum absolute atomic E-state index is 12.8. The van der Waals surface area contributed by atoms with Gasteiger partial charge in [-0.25, -0.2) is 0 Å². The number of amides is 2. The van der Waals surface area contributed by atoms with E-state index in [-0.39, 0.29) is 17.2 Å². The lowest BCUT2D eigenvalue weighted by Crippen LogP contribution is -2.41. The number of benzene rings is 1. The second kappa shape index (κ2) is 6.55. The Morgan fingerprint density at radius 3 is 2.62 bits per heavy atom. The normalized spacial score (nSPS) is 19.8. The molecule has 0 radical (unpaired) electrons. The number of nitrogens with zero attached hydrogens (tertiary/aromatic N) is 2. The van der Waals surface area contributed by atoms with Gasteiger partial charge in [0.1, 0.15) is 5.75 Å². The SMILES string of the molecule is COc1ccc(C)cc1CN(C)CN1C(=O)CC2(CCCC2)C1=O. The lowest BCUT2D eigenvalue weighted by molar-refractivity contribution is -0.143. The van der Waals surface area contributed by atoms with E-state index in [4.69, 9.17) is 4.74 Å². The van der Waals surface area contributed by atoms with Crippen molar-refractivity contribution in [1.82, 2.24) is 9.80 Å². The minimum Gasteiger partial charge on any atom is -0.496 e. The molecule has 1 aliphatic heterocycles. The number of likely N-dealkylation sites (tertiary alicyclic amines) is 1. The number of hydrogen-bond acceptors (Lipinski definition) is 4. The molecule has 0 bridgehead atoms. The second-order valence-corrected chi connectivity index (χ2v) is 7.26. The van der Waals surface area contributed by atoms with Gasteiger partial charge in [-0.1, -0.05) is 30.5 Å². The van der Waals surface area contributed by atoms with E-state index >= 15 is 0 Å². The number of ether oxygens (including phenoxy) is 1. The molecule has 1 aromatic carbocycles. The van der Waals surface area contributed by atoms with Gasteiger partial charge in [0.05, 0.1) is 19.2 Å². The standard InChI is InChI=1S/C19H26N2O3/c1-14-6-7-16(24-3)15(10-14)12-20(2)13-21-17(22)11-19(18(21)23)8-4-5-9-19/h6-7,10H,4-5,8-9,11-13H2,1-3H3. The van der Waals surface area contributed by atoms with Crippen LogP contribution in [0.5, 0.6) is 5.75 Å². The van der Waals surface area contributed by atoms with Crippen LogP contribution in [0.2, 0.25) is 0 Å². The topological polar surface area (TPSA) is 49.9 Å². The molecule has 130 valence electrons. The quantitative estimate of drug-likeness (QED) is 0.779. The minimum atomic E-state index is -0.390. The van der Waals surface area contributed by atoms with Crippen LogP contribution >= 0.6 is 0 Å². The summed E-state index contributed by atoms with van der Waals surface area (Å²) in [5.74, 6) is 0.844. The molecule has 0 atom stereocenters. The van der Waals surface area contributed by atoms with Crippen molar-refractivity contribution in [2.45, 2.75) is 45.6 Å². The summed E-state index contributed by atoms with van der Waals surface area (Å²) in [4.78, 5) is 28.6. The van der Waals surface area contributed by atoms with Crippen LogP contribution < -0.4 is 4.74 Å². The molecule has 1 aliphatic carbocycles. The van der Waals surface area contributed by atoms with Crippen molar-refractivity contribution in [2.24, 2.45) is 5.41 Å². The monoisotopic (exact) mass is 330 g/mol. The fourth-order valence-electron chi connectivity index (χ4n) is 4.06. The van der Waals surface area contributed by atoms with Crippen molar-refractivity contribution in [3.05, 3.63) is 29.3 Å². The van der Waals surface area contributed by atoms with E-state index < -0.39 is 0 Å². The summed E-state index contributed by atoms with van der Waals surface area (Å²) >= 11 is 0. The molecule has 2 fully saturated rings. The van der Waals surface area contributed by atoms with E-state index in [2.05, 4.69) is 6.07 Å². The van der Waals surface area contributed by atoms with Crippen LogP contribution in [0, 0.1) is 12.3 Å². The third-order valence-corrected chi connectivity index (χ3v) is 5.31. The molecule has 1 saturated heterocycles. The summed E-state index contributed by atoms with van der Waals surface area (Å²) in [6.45, 7) is 3.02. The van der Waals surface area contributed by atoms with Crippen molar-refractivity contribution in [3.63, 3.8) is 0 Å². The molecular weight excluding hydrogens is 304 g/mol. The van der Waals surface area contributed by atoms with E-state index in [0.717, 1.165) is 42.6 Å². The molecule has 24 heavy (non-hydrogen) atoms. The number of hydrogen-bond donors (Lipinski definition) is 0. The molecule has 0 aromatic heterocycles. The zero-order valence-electron chi connectivity index (χ0n) is 14.8. The van der Waals surface area contributed by atoms with Crippen LogP contribution in [0.3, 0.4) is 0 Å². The maximum Gasteiger partial charge on any atom is 0.237 e. The van der Waals surface area contributed by atoms with Gasteiger partial charge < -0.3 is 4.74 Å². The zero-order chi connectivity index (χ0) is 17.3. The van der Waals surface area contributed by atoms with Crippen molar-refractivity contribution < 1.29 is 14.3 Å². The lowest BCUT2D eigenvalue weighted by atomic mass is 9.85. The van der Waals surface area contributed by atoms with Gasteiger partial charge in [-0.2, -0.15) is 0 Å². The highest BCUT2D eigenvalue weighted by molar-refractivity contribution is 6.06. The van der Waals surface area contributed by atoms with Crippen LogP contribution in [0.15, 0.2) is 18.2 Å². The highest BCUT2D eigenvalue weighted by Crippen LogP contribution is 2.46. The van der Waals surface area contributed by atoms with Crippen LogP contribution in [-0.4, -0.2) is 42.4 Å². The number of methoxy groups -OCH3 is 1. The molecule has 1 spiro atoms. The number of carbonyl (C=O) groups is 2. The molecule has 2 aliphatic rings. The van der Waals surface area contributed by atoms with E-state index in [1.54, 1.807) is 7.11 Å². The average molecular weight is 330 g/mol. The van der Waals surface area contributed by atoms with Gasteiger partial charge in [-0.15, -0.1) is 0 Å². The third-order valence-electron chi connectivity index (χ3n) is 5.31. The molecule has 1 aromatic rings. The summed E-state index contributed by atoms with van der Waals surface area (Å²) in [5, 5.41) is 0. The van der Waals surface area contributed by atoms with Gasteiger partial charge >= 0.3 is 0 Å². The van der Waals surface area contributed by atoms with Crippen LogP contribution in [0.1, 0.15) is 43.2 Å². The first-order valence-electron chi connectivity index (χ1n) is 8.62. The number of rotatable bonds is 5. The Kier molecular flexibility index (Phi) is 4.63. The molecule has 3 rings (SSSR count). The summed E-state index contributed by atoms with van der Waals surface area (Å²) in [7, 11) is 3.59. The van der Waals surface area contributed by atoms with Crippen molar-refractivity contribution in [3.8, 4) is 5.75 Å². The smallest absolute Gasteiger partial charge is 0.237 e. The lowest BCUT2D eigenvalue weighted by Gasteiger charge is -2.26. The first-order chi connectivity index (χ1) is 11.4. The first kappa shape index (κ1) is 17.0. The Morgan fingerprint density at radius 2 is 1.96 bits per heavy atom. The number of carbonyl (C=O) groups excluding carboxylic acids is 2. The minimum absolute atomic E-state index is 0.0232. The Morgan fingerprint density at radius 1 is 1.25 bits per heavy atom. The van der Waals surface area contributed by atoms with E-state index in [1.165, 1.54) is 4.90 Å². The van der Waals surface area contributed by atoms with Crippen LogP contribution in [-0.2, 0) is 16.1 Å². The third kappa shape index (κ3) is 3.05. The first-order valence-corrected chi connectivity index (χ1v) is 8.62. The Hall–Kier alpha value is -1.88. The summed E-state index contributed by atoms with van der Waals surface area (Å²) < 4.78 is 5.42. The zero-order valence-corrected chi connectivity index (χ0v) is 14.8. The predicted octanol–water partition coefficient (Wildman–Crippen LogP) is 2.71. The number of imide groups is 1. The van der Waals surface area contributed by atoms with Gasteiger partial charge in [-0.3, -0.25) is 19.4 Å². The maximum atomic E-state index is 12.8. The molecule has 1 heterocycles. The summed E-state index contributed by atoms with van der Waals surface area (Å²) in [6.07, 6.45) is 4.24. The van der Waals surface area contributed by atoms with Gasteiger partial charge in [0, 0.05) is 18.5 Å². The van der Waals surface area contributed by atoms with Crippen LogP contribution in [0.25, 0.3) is 0 Å². The Labute approximate surface area is 143 Å². The summed E-state index contributed by atoms with van der Waals surface area (Å²) in [6, 6.07) is 6.05. The Balaban J connectivity index is 1.69. The molecule has 1 saturated carbocycles. The fourth-order valence-corrected chi connectivity index (χ4v) is 4.06. The van der Waals surface area contributed by atoms with Crippen LogP contribution in [0.4, 0.5) is 0 Å². The molecule has 5 nitrogen and oxygen atoms in total. The van der Waals surface area contributed by atoms with Gasteiger partial charge in [-0.05, 0) is 32.9 Å². The number of aryl methyl sites for hydroxylation is 1. The average Bonchev–Trinajstić information content (AvgIpc) is 3.09. The summed E-state index contributed by atoms with van der Waals surface area (Å²) in [5.41, 5.74) is 1.84. The van der Waals surface area contributed by atoms with Crippen molar-refractivity contribution >= 4 is 11.8 Å². The van der Waals surface area contributed by atoms with Crippen molar-refractivity contribution in [1.29, 1.82) is 0 Å². The molecule has 0 N–H and O–H groups in total. The van der Waals surface area contributed by atoms with E-state index in [9.17, 15) is 9.59 Å². The van der Waals surface area contributed by atoms with Gasteiger partial charge in [0.25, 0.3) is 0 Å². The Bertz CT molecular complexity index is 650. The molecule has 5 heteroatoms. The van der Waals surface area contributed by atoms with Gasteiger partial charge in [0.2, 0.25) is 11.8 Å². The molecule has 2 amide bonds. The largest absolute Gasteiger partial charge is 0.496 e. The van der Waals surface area contributed by atoms with E-state index in [1.807, 2.05) is 31.0 Å². The van der Waals surface area contributed by atoms with E-state index in [0.29, 0.717) is 19.6 Å². The fraction of sp³-hybridized carbons (Fsp3) is 0.579. The predicted molar refractivity (Wildman–Crippen MR) is 91.4 cm³/mol. The second-order valence-electron chi connectivity index (χ2n) is 7.26. The van der Waals surface area contributed by atoms with Crippen molar-refractivity contribution in [2.75, 3.05) is 20.8 Å². The molecular formula is C19H26N2O3. The highest BCUT2D eigenvalue weighted by Gasteiger charge is 2.52. The molecule has 0 unspecified atom stereocenters. The van der Waals surface area contributed by atoms with Gasteiger partial charge in [0.15, 0.2) is 0 Å².